The van der Waals surface area contributed by atoms with Crippen LogP contribution < -0.4 is 5.32 Å². The number of hydrogen-bond acceptors (Lipinski definition) is 3. The second-order valence-electron chi connectivity index (χ2n) is 5.27. The first-order valence-corrected chi connectivity index (χ1v) is 6.57. The number of nitrogens with one attached hydrogen (secondary N) is 1. The van der Waals surface area contributed by atoms with Gasteiger partial charge < -0.3 is 15.0 Å². The molecule has 1 heterocycles. The third-order valence-electron chi connectivity index (χ3n) is 3.57. The predicted molar refractivity (Wildman–Crippen MR) is 68.3 cm³/mol. The van der Waals surface area contributed by atoms with Crippen molar-refractivity contribution in [1.82, 2.24) is 14.9 Å². The Morgan fingerprint density at radius 2 is 2.39 bits per heavy atom. The topological polar surface area (TPSA) is 67.2 Å². The lowest BCUT2D eigenvalue weighted by atomic mass is 10.1. The molecule has 0 saturated heterocycles. The summed E-state index contributed by atoms with van der Waals surface area (Å²) in [5, 5.41) is 12.5. The van der Waals surface area contributed by atoms with Crippen LogP contribution in [0.3, 0.4) is 0 Å². The number of hydrogen-bond donors (Lipinski definition) is 2. The van der Waals surface area contributed by atoms with Crippen molar-refractivity contribution >= 4 is 5.91 Å². The van der Waals surface area contributed by atoms with Crippen molar-refractivity contribution in [3.63, 3.8) is 0 Å². The molecule has 1 fully saturated rings. The van der Waals surface area contributed by atoms with Gasteiger partial charge in [-0.1, -0.05) is 6.42 Å². The van der Waals surface area contributed by atoms with Crippen molar-refractivity contribution in [3.8, 4) is 0 Å². The van der Waals surface area contributed by atoms with Gasteiger partial charge in [0, 0.05) is 24.7 Å². The Bertz CT molecular complexity index is 414. The predicted octanol–water partition coefficient (Wildman–Crippen LogP) is 1.35. The van der Waals surface area contributed by atoms with Gasteiger partial charge in [-0.2, -0.15) is 0 Å². The Balaban J connectivity index is 1.87. The van der Waals surface area contributed by atoms with E-state index < -0.39 is 0 Å². The molecule has 5 heteroatoms. The maximum absolute atomic E-state index is 11.9. The molecule has 0 bridgehead atoms. The van der Waals surface area contributed by atoms with Crippen LogP contribution >= 0.6 is 0 Å². The van der Waals surface area contributed by atoms with E-state index in [0.29, 0.717) is 18.3 Å². The van der Waals surface area contributed by atoms with Gasteiger partial charge in [0.1, 0.15) is 5.69 Å². The summed E-state index contributed by atoms with van der Waals surface area (Å²) in [5.74, 6) is 0.0367. The SMILES string of the molecule is CC(C)n1cnc(C(=O)NC[C@H]2CCC[C@@H]2O)c1. The third kappa shape index (κ3) is 2.90. The fourth-order valence-electron chi connectivity index (χ4n) is 2.31. The molecule has 2 N–H and O–H groups in total. The first kappa shape index (κ1) is 13.1. The molecule has 100 valence electrons. The van der Waals surface area contributed by atoms with Crippen LogP contribution in [-0.4, -0.2) is 33.2 Å². The number of amides is 1. The van der Waals surface area contributed by atoms with Crippen LogP contribution in [0.5, 0.6) is 0 Å². The number of carbonyl (C=O) groups excluding carboxylic acids is 1. The quantitative estimate of drug-likeness (QED) is 0.849. The normalized spacial score (nSPS) is 23.6. The van der Waals surface area contributed by atoms with Crippen molar-refractivity contribution in [2.75, 3.05) is 6.54 Å². The first-order valence-electron chi connectivity index (χ1n) is 6.57. The van der Waals surface area contributed by atoms with E-state index in [1.165, 1.54) is 0 Å². The molecule has 0 aliphatic heterocycles. The molecule has 1 saturated carbocycles. The highest BCUT2D eigenvalue weighted by Crippen LogP contribution is 2.24. The van der Waals surface area contributed by atoms with E-state index in [1.54, 1.807) is 12.5 Å². The number of aromatic nitrogens is 2. The van der Waals surface area contributed by atoms with Crippen LogP contribution in [0.4, 0.5) is 0 Å². The molecule has 0 unspecified atom stereocenters. The van der Waals surface area contributed by atoms with Crippen LogP contribution in [0.1, 0.15) is 49.6 Å². The van der Waals surface area contributed by atoms with Gasteiger partial charge in [-0.05, 0) is 26.7 Å². The highest BCUT2D eigenvalue weighted by atomic mass is 16.3. The fourth-order valence-corrected chi connectivity index (χ4v) is 2.31. The fraction of sp³-hybridized carbons (Fsp3) is 0.692. The van der Waals surface area contributed by atoms with Crippen LogP contribution in [-0.2, 0) is 0 Å². The summed E-state index contributed by atoms with van der Waals surface area (Å²) in [5.41, 5.74) is 0.441. The van der Waals surface area contributed by atoms with E-state index in [4.69, 9.17) is 0 Å². The van der Waals surface area contributed by atoms with Crippen molar-refractivity contribution in [2.24, 2.45) is 5.92 Å². The standard InChI is InChI=1S/C13H21N3O2/c1-9(2)16-7-11(15-8-16)13(18)14-6-10-4-3-5-12(10)17/h7-10,12,17H,3-6H2,1-2H3,(H,14,18)/t10-,12+/m1/s1. The highest BCUT2D eigenvalue weighted by Gasteiger charge is 2.25. The molecule has 2 atom stereocenters. The Morgan fingerprint density at radius 1 is 1.61 bits per heavy atom. The summed E-state index contributed by atoms with van der Waals surface area (Å²) < 4.78 is 1.90. The summed E-state index contributed by atoms with van der Waals surface area (Å²) in [4.78, 5) is 16.0. The minimum atomic E-state index is -0.265. The zero-order valence-corrected chi connectivity index (χ0v) is 11.0. The van der Waals surface area contributed by atoms with E-state index in [0.717, 1.165) is 19.3 Å². The Kier molecular flexibility index (Phi) is 4.01. The molecule has 0 aromatic carbocycles. The van der Waals surface area contributed by atoms with Gasteiger partial charge in [0.2, 0.25) is 0 Å². The van der Waals surface area contributed by atoms with Gasteiger partial charge >= 0.3 is 0 Å². The van der Waals surface area contributed by atoms with Gasteiger partial charge in [-0.3, -0.25) is 4.79 Å². The van der Waals surface area contributed by atoms with Crippen molar-refractivity contribution in [3.05, 3.63) is 18.2 Å². The summed E-state index contributed by atoms with van der Waals surface area (Å²) in [6, 6.07) is 0.302. The Morgan fingerprint density at radius 3 is 2.94 bits per heavy atom. The Labute approximate surface area is 107 Å². The highest BCUT2D eigenvalue weighted by molar-refractivity contribution is 5.92. The average molecular weight is 251 g/mol. The summed E-state index contributed by atoms with van der Waals surface area (Å²) in [6.45, 7) is 4.62. The largest absolute Gasteiger partial charge is 0.393 e. The monoisotopic (exact) mass is 251 g/mol. The van der Waals surface area contributed by atoms with Crippen LogP contribution in [0, 0.1) is 5.92 Å². The smallest absolute Gasteiger partial charge is 0.271 e. The number of rotatable bonds is 4. The first-order chi connectivity index (χ1) is 8.58. The number of nitrogens with zero attached hydrogens (tertiary/aromatic N) is 2. The molecule has 1 aliphatic carbocycles. The summed E-state index contributed by atoms with van der Waals surface area (Å²) >= 11 is 0. The molecule has 1 aromatic rings. The maximum atomic E-state index is 11.9. The molecule has 18 heavy (non-hydrogen) atoms. The van der Waals surface area contributed by atoms with Crippen molar-refractivity contribution in [2.45, 2.75) is 45.3 Å². The number of imidazole rings is 1. The molecular weight excluding hydrogens is 230 g/mol. The summed E-state index contributed by atoms with van der Waals surface area (Å²) in [7, 11) is 0. The van der Waals surface area contributed by atoms with Gasteiger partial charge in [-0.15, -0.1) is 0 Å². The zero-order valence-electron chi connectivity index (χ0n) is 11.0. The molecule has 1 aliphatic rings. The van der Waals surface area contributed by atoms with Crippen LogP contribution in [0.2, 0.25) is 0 Å². The van der Waals surface area contributed by atoms with Crippen LogP contribution in [0.25, 0.3) is 0 Å². The van der Waals surface area contributed by atoms with E-state index in [1.807, 2.05) is 18.4 Å². The molecule has 0 spiro atoms. The van der Waals surface area contributed by atoms with E-state index in [2.05, 4.69) is 10.3 Å². The molecule has 1 aromatic heterocycles. The van der Waals surface area contributed by atoms with E-state index in [9.17, 15) is 9.90 Å². The Hall–Kier alpha value is -1.36. The second-order valence-corrected chi connectivity index (χ2v) is 5.27. The second kappa shape index (κ2) is 5.52. The average Bonchev–Trinajstić information content (AvgIpc) is 2.94. The summed E-state index contributed by atoms with van der Waals surface area (Å²) in [6.07, 6.45) is 6.04. The van der Waals surface area contributed by atoms with Crippen LogP contribution in [0.15, 0.2) is 12.5 Å². The van der Waals surface area contributed by atoms with E-state index in [-0.39, 0.29) is 17.9 Å². The molecule has 1 amide bonds. The lowest BCUT2D eigenvalue weighted by Gasteiger charge is -2.14. The third-order valence-corrected chi connectivity index (χ3v) is 3.57. The van der Waals surface area contributed by atoms with Gasteiger partial charge in [-0.25, -0.2) is 4.98 Å². The molecular formula is C13H21N3O2. The number of aliphatic hydroxyl groups is 1. The van der Waals surface area contributed by atoms with Crippen molar-refractivity contribution in [1.29, 1.82) is 0 Å². The molecule has 0 radical (unpaired) electrons. The maximum Gasteiger partial charge on any atom is 0.271 e. The van der Waals surface area contributed by atoms with Crippen molar-refractivity contribution < 1.29 is 9.90 Å². The van der Waals surface area contributed by atoms with E-state index >= 15 is 0 Å². The van der Waals surface area contributed by atoms with Gasteiger partial charge in [0.05, 0.1) is 12.4 Å². The lowest BCUT2D eigenvalue weighted by Crippen LogP contribution is -2.32. The molecule has 5 nitrogen and oxygen atoms in total. The van der Waals surface area contributed by atoms with Gasteiger partial charge in [0.15, 0.2) is 0 Å². The minimum absolute atomic E-state index is 0.159. The number of aliphatic hydroxyl groups excluding tert-OH is 1. The zero-order chi connectivity index (χ0) is 13.1. The number of carbonyl (C=O) groups is 1. The van der Waals surface area contributed by atoms with Gasteiger partial charge in [0.25, 0.3) is 5.91 Å². The minimum Gasteiger partial charge on any atom is -0.393 e. The molecule has 2 rings (SSSR count). The lowest BCUT2D eigenvalue weighted by molar-refractivity contribution is 0.0912.